The Balaban J connectivity index is 0.000000470. The number of unbranched alkanes of at least 4 members (excludes halogenated alkanes) is 2. The van der Waals surface area contributed by atoms with E-state index in [-0.39, 0.29) is 11.6 Å². The lowest BCUT2D eigenvalue weighted by atomic mass is 10.2. The zero-order chi connectivity index (χ0) is 18.2. The Morgan fingerprint density at radius 3 is 1.92 bits per heavy atom. The van der Waals surface area contributed by atoms with Gasteiger partial charge in [0.25, 0.3) is 0 Å². The summed E-state index contributed by atoms with van der Waals surface area (Å²) in [6.45, 7) is 15.8. The molecule has 0 amide bonds. The third kappa shape index (κ3) is 14.8. The molecule has 142 valence electrons. The molecule has 0 bridgehead atoms. The average molecular weight is 342 g/mol. The molecule has 24 heavy (non-hydrogen) atoms. The number of Topliss-reactive ketones (excluding diaryl/α,β-unsaturated/α-hetero) is 2. The van der Waals surface area contributed by atoms with Crippen LogP contribution in [0.3, 0.4) is 0 Å². The maximum Gasteiger partial charge on any atom is 0.143 e. The van der Waals surface area contributed by atoms with Crippen LogP contribution in [-0.2, 0) is 9.59 Å². The monoisotopic (exact) mass is 341 g/mol. The van der Waals surface area contributed by atoms with Gasteiger partial charge in [-0.3, -0.25) is 14.5 Å². The van der Waals surface area contributed by atoms with Crippen LogP contribution in [0.5, 0.6) is 0 Å². The Labute approximate surface area is 149 Å². The summed E-state index contributed by atoms with van der Waals surface area (Å²) in [4.78, 5) is 26.1. The third-order valence-corrected chi connectivity index (χ3v) is 4.10. The number of nitrogens with zero attached hydrogens (tertiary/aromatic N) is 2. The minimum absolute atomic E-state index is 0.268. The molecule has 0 aromatic heterocycles. The molecule has 1 fully saturated rings. The summed E-state index contributed by atoms with van der Waals surface area (Å²) in [7, 11) is 0. The van der Waals surface area contributed by atoms with E-state index < -0.39 is 0 Å². The molecule has 0 spiro atoms. The smallest absolute Gasteiger partial charge is 0.143 e. The molecule has 0 aromatic rings. The summed E-state index contributed by atoms with van der Waals surface area (Å²) in [5, 5.41) is 3.20. The lowest BCUT2D eigenvalue weighted by molar-refractivity contribution is -0.118. The van der Waals surface area contributed by atoms with Gasteiger partial charge in [-0.1, -0.05) is 26.7 Å². The molecular weight excluding hydrogens is 302 g/mol. The number of rotatable bonds is 11. The predicted molar refractivity (Wildman–Crippen MR) is 102 cm³/mol. The highest BCUT2D eigenvalue weighted by Gasteiger charge is 2.16. The van der Waals surface area contributed by atoms with Gasteiger partial charge >= 0.3 is 0 Å². The number of carbonyl (C=O) groups is 2. The quantitative estimate of drug-likeness (QED) is 0.585. The number of nitrogens with one attached hydrogen (secondary N) is 1. The third-order valence-electron chi connectivity index (χ3n) is 4.10. The van der Waals surface area contributed by atoms with Crippen LogP contribution in [0.2, 0.25) is 0 Å². The van der Waals surface area contributed by atoms with E-state index in [1.54, 1.807) is 13.8 Å². The van der Waals surface area contributed by atoms with Gasteiger partial charge in [-0.25, -0.2) is 0 Å². The molecule has 5 heteroatoms. The lowest BCUT2D eigenvalue weighted by Gasteiger charge is -2.34. The first-order valence-corrected chi connectivity index (χ1v) is 9.63. The largest absolute Gasteiger partial charge is 0.316 e. The van der Waals surface area contributed by atoms with Gasteiger partial charge < -0.3 is 10.2 Å². The topological polar surface area (TPSA) is 52.6 Å². The van der Waals surface area contributed by atoms with E-state index in [4.69, 9.17) is 0 Å². The van der Waals surface area contributed by atoms with Crippen LogP contribution in [0, 0.1) is 0 Å². The zero-order valence-electron chi connectivity index (χ0n) is 16.4. The molecule has 1 aliphatic rings. The molecule has 0 unspecified atom stereocenters. The molecule has 1 heterocycles. The predicted octanol–water partition coefficient (Wildman–Crippen LogP) is 2.35. The van der Waals surface area contributed by atoms with Crippen molar-refractivity contribution in [2.75, 3.05) is 52.4 Å². The van der Waals surface area contributed by atoms with Crippen LogP contribution in [0.25, 0.3) is 0 Å². The summed E-state index contributed by atoms with van der Waals surface area (Å²) in [5.41, 5.74) is 0. The highest BCUT2D eigenvalue weighted by atomic mass is 16.1. The van der Waals surface area contributed by atoms with Gasteiger partial charge in [-0.2, -0.15) is 0 Å². The second-order valence-electron chi connectivity index (χ2n) is 6.73. The van der Waals surface area contributed by atoms with Gasteiger partial charge in [0.2, 0.25) is 0 Å². The second kappa shape index (κ2) is 15.7. The maximum absolute atomic E-state index is 10.9. The lowest BCUT2D eigenvalue weighted by Crippen LogP contribution is -2.47. The highest BCUT2D eigenvalue weighted by molar-refractivity contribution is 5.77. The molecule has 0 aliphatic carbocycles. The first kappa shape index (κ1) is 23.2. The van der Waals surface area contributed by atoms with E-state index in [1.807, 2.05) is 0 Å². The molecule has 0 aromatic carbocycles. The summed E-state index contributed by atoms with van der Waals surface area (Å²) in [5.74, 6) is 0.552. The van der Waals surface area contributed by atoms with Crippen molar-refractivity contribution < 1.29 is 9.59 Å². The normalized spacial score (nSPS) is 15.7. The standard InChI is InChI=1S/C11H22N2O.C8H17NO/c1-3-4-5-12-6-8-13(9-7-12)10-11(2)14;1-3-4-6-9-7-5-8(2)10/h3-10H2,1-2H3;9H,3-7H2,1-2H3. The van der Waals surface area contributed by atoms with Crippen molar-refractivity contribution in [3.05, 3.63) is 0 Å². The highest BCUT2D eigenvalue weighted by Crippen LogP contribution is 2.03. The molecule has 0 radical (unpaired) electrons. The molecule has 1 N–H and O–H groups in total. The Bertz CT molecular complexity index is 327. The van der Waals surface area contributed by atoms with Gasteiger partial charge in [-0.05, 0) is 39.8 Å². The van der Waals surface area contributed by atoms with Gasteiger partial charge in [0.05, 0.1) is 6.54 Å². The molecule has 1 saturated heterocycles. The van der Waals surface area contributed by atoms with E-state index in [9.17, 15) is 9.59 Å². The van der Waals surface area contributed by atoms with E-state index in [0.29, 0.717) is 13.0 Å². The molecule has 5 nitrogen and oxygen atoms in total. The molecule has 1 rings (SSSR count). The SMILES string of the molecule is CCCCN1CCN(CC(C)=O)CC1.CCCCNCCC(C)=O. The first-order chi connectivity index (χ1) is 11.5. The van der Waals surface area contributed by atoms with Crippen LogP contribution in [0.15, 0.2) is 0 Å². The number of hydrogen-bond acceptors (Lipinski definition) is 5. The summed E-state index contributed by atoms with van der Waals surface area (Å²) < 4.78 is 0. The maximum atomic E-state index is 10.9. The minimum atomic E-state index is 0.268. The molecular formula is C19H39N3O2. The van der Waals surface area contributed by atoms with Crippen molar-refractivity contribution in [1.29, 1.82) is 0 Å². The number of ketones is 2. The van der Waals surface area contributed by atoms with Crippen molar-refractivity contribution in [3.8, 4) is 0 Å². The Morgan fingerprint density at radius 2 is 1.42 bits per heavy atom. The number of piperazine rings is 1. The fourth-order valence-electron chi connectivity index (χ4n) is 2.56. The summed E-state index contributed by atoms with van der Waals surface area (Å²) >= 11 is 0. The van der Waals surface area contributed by atoms with Gasteiger partial charge in [0, 0.05) is 39.1 Å². The number of carbonyl (C=O) groups excluding carboxylic acids is 2. The van der Waals surface area contributed by atoms with E-state index in [1.165, 1.54) is 32.2 Å². The van der Waals surface area contributed by atoms with E-state index in [2.05, 4.69) is 29.0 Å². The van der Waals surface area contributed by atoms with E-state index in [0.717, 1.165) is 39.3 Å². The van der Waals surface area contributed by atoms with Crippen molar-refractivity contribution >= 4 is 11.6 Å². The van der Waals surface area contributed by atoms with Crippen molar-refractivity contribution in [2.45, 2.75) is 59.8 Å². The van der Waals surface area contributed by atoms with Gasteiger partial charge in [0.15, 0.2) is 0 Å². The van der Waals surface area contributed by atoms with Crippen LogP contribution in [-0.4, -0.2) is 73.7 Å². The molecule has 0 saturated carbocycles. The zero-order valence-corrected chi connectivity index (χ0v) is 16.4. The Kier molecular flexibility index (Phi) is 15.2. The van der Waals surface area contributed by atoms with Crippen LogP contribution < -0.4 is 5.32 Å². The molecule has 0 atom stereocenters. The summed E-state index contributed by atoms with van der Waals surface area (Å²) in [6, 6.07) is 0. The fourth-order valence-corrected chi connectivity index (χ4v) is 2.56. The van der Waals surface area contributed by atoms with E-state index >= 15 is 0 Å². The van der Waals surface area contributed by atoms with Crippen LogP contribution in [0.1, 0.15) is 59.8 Å². The average Bonchev–Trinajstić information content (AvgIpc) is 2.54. The molecule has 1 aliphatic heterocycles. The first-order valence-electron chi connectivity index (χ1n) is 9.63. The van der Waals surface area contributed by atoms with Crippen LogP contribution >= 0.6 is 0 Å². The fraction of sp³-hybridized carbons (Fsp3) is 0.895. The Hall–Kier alpha value is -0.780. The Morgan fingerprint density at radius 1 is 0.833 bits per heavy atom. The van der Waals surface area contributed by atoms with Gasteiger partial charge in [0.1, 0.15) is 11.6 Å². The minimum Gasteiger partial charge on any atom is -0.316 e. The second-order valence-corrected chi connectivity index (χ2v) is 6.73. The van der Waals surface area contributed by atoms with Crippen molar-refractivity contribution in [3.63, 3.8) is 0 Å². The summed E-state index contributed by atoms with van der Waals surface area (Å²) in [6.07, 6.45) is 5.66. The van der Waals surface area contributed by atoms with Crippen molar-refractivity contribution in [1.82, 2.24) is 15.1 Å². The van der Waals surface area contributed by atoms with Gasteiger partial charge in [-0.15, -0.1) is 0 Å². The van der Waals surface area contributed by atoms with Crippen LogP contribution in [0.4, 0.5) is 0 Å². The van der Waals surface area contributed by atoms with Crippen molar-refractivity contribution in [2.24, 2.45) is 0 Å². The number of hydrogen-bond donors (Lipinski definition) is 1.